The van der Waals surface area contributed by atoms with Gasteiger partial charge in [-0.1, -0.05) is 15.9 Å². The van der Waals surface area contributed by atoms with E-state index < -0.39 is 0 Å². The van der Waals surface area contributed by atoms with Gasteiger partial charge in [-0.05, 0) is 55.7 Å². The zero-order valence-corrected chi connectivity index (χ0v) is 12.5. The SMILES string of the molecule is O=C(NC(C1CC1)C1CC1)c1ccc(Br)cc1S. The third kappa shape index (κ3) is 2.75. The van der Waals surface area contributed by atoms with E-state index in [1.54, 1.807) is 0 Å². The summed E-state index contributed by atoms with van der Waals surface area (Å²) < 4.78 is 0.949. The first kappa shape index (κ1) is 12.5. The van der Waals surface area contributed by atoms with E-state index in [4.69, 9.17) is 0 Å². The fourth-order valence-corrected chi connectivity index (χ4v) is 3.31. The molecule has 0 spiro atoms. The van der Waals surface area contributed by atoms with Crippen LogP contribution < -0.4 is 5.32 Å². The third-order valence-corrected chi connectivity index (χ3v) is 4.63. The van der Waals surface area contributed by atoms with Gasteiger partial charge in [0, 0.05) is 15.4 Å². The van der Waals surface area contributed by atoms with Crippen molar-refractivity contribution in [3.63, 3.8) is 0 Å². The van der Waals surface area contributed by atoms with Crippen molar-refractivity contribution >= 4 is 34.5 Å². The number of halogens is 1. The number of rotatable bonds is 4. The summed E-state index contributed by atoms with van der Waals surface area (Å²) in [5, 5.41) is 3.21. The molecule has 96 valence electrons. The number of nitrogens with one attached hydrogen (secondary N) is 1. The first-order valence-electron chi connectivity index (χ1n) is 6.44. The molecule has 3 rings (SSSR count). The maximum atomic E-state index is 12.3. The Labute approximate surface area is 121 Å². The fourth-order valence-electron chi connectivity index (χ4n) is 2.46. The maximum Gasteiger partial charge on any atom is 0.252 e. The Morgan fingerprint density at radius 1 is 1.28 bits per heavy atom. The number of benzene rings is 1. The highest BCUT2D eigenvalue weighted by atomic mass is 79.9. The van der Waals surface area contributed by atoms with E-state index in [1.807, 2.05) is 18.2 Å². The molecule has 4 heteroatoms. The predicted octanol–water partition coefficient (Wildman–Crippen LogP) is 3.66. The van der Waals surface area contributed by atoms with E-state index in [2.05, 4.69) is 33.9 Å². The minimum absolute atomic E-state index is 0.0244. The quantitative estimate of drug-likeness (QED) is 0.813. The molecule has 1 aromatic carbocycles. The summed E-state index contributed by atoms with van der Waals surface area (Å²) in [5.74, 6) is 1.47. The molecule has 1 N–H and O–H groups in total. The number of amides is 1. The monoisotopic (exact) mass is 325 g/mol. The number of carbonyl (C=O) groups excluding carboxylic acids is 1. The molecule has 18 heavy (non-hydrogen) atoms. The van der Waals surface area contributed by atoms with Crippen molar-refractivity contribution in [2.45, 2.75) is 36.6 Å². The molecule has 0 heterocycles. The second kappa shape index (κ2) is 4.89. The smallest absolute Gasteiger partial charge is 0.252 e. The van der Waals surface area contributed by atoms with E-state index in [9.17, 15) is 4.79 Å². The van der Waals surface area contributed by atoms with Crippen LogP contribution in [0.2, 0.25) is 0 Å². The van der Waals surface area contributed by atoms with Crippen molar-refractivity contribution in [2.24, 2.45) is 11.8 Å². The van der Waals surface area contributed by atoms with Crippen molar-refractivity contribution in [1.82, 2.24) is 5.32 Å². The van der Waals surface area contributed by atoms with Gasteiger partial charge >= 0.3 is 0 Å². The van der Waals surface area contributed by atoms with Gasteiger partial charge in [0.15, 0.2) is 0 Å². The molecule has 1 aromatic rings. The third-order valence-electron chi connectivity index (χ3n) is 3.76. The molecular weight excluding hydrogens is 310 g/mol. The van der Waals surface area contributed by atoms with E-state index in [-0.39, 0.29) is 5.91 Å². The average Bonchev–Trinajstić information content (AvgIpc) is 3.17. The number of carbonyl (C=O) groups is 1. The summed E-state index contributed by atoms with van der Waals surface area (Å²) in [4.78, 5) is 13.0. The predicted molar refractivity (Wildman–Crippen MR) is 78.1 cm³/mol. The zero-order chi connectivity index (χ0) is 12.7. The van der Waals surface area contributed by atoms with Crippen LogP contribution >= 0.6 is 28.6 Å². The van der Waals surface area contributed by atoms with Crippen molar-refractivity contribution in [3.05, 3.63) is 28.2 Å². The van der Waals surface area contributed by atoms with Crippen molar-refractivity contribution in [1.29, 1.82) is 0 Å². The second-order valence-electron chi connectivity index (χ2n) is 5.34. The standard InChI is InChI=1S/C14H16BrNOS/c15-10-5-6-11(12(18)7-10)14(17)16-13(8-1-2-8)9-3-4-9/h5-9,13,18H,1-4H2,(H,16,17). The molecule has 0 unspecified atom stereocenters. The maximum absolute atomic E-state index is 12.3. The molecule has 2 aliphatic rings. The van der Waals surface area contributed by atoms with Gasteiger partial charge in [-0.3, -0.25) is 4.79 Å². The van der Waals surface area contributed by atoms with E-state index in [1.165, 1.54) is 25.7 Å². The van der Waals surface area contributed by atoms with Crippen LogP contribution in [0.4, 0.5) is 0 Å². The minimum atomic E-state index is 0.0244. The Balaban J connectivity index is 1.73. The topological polar surface area (TPSA) is 29.1 Å². The summed E-state index contributed by atoms with van der Waals surface area (Å²) in [7, 11) is 0. The van der Waals surface area contributed by atoms with Crippen molar-refractivity contribution in [3.8, 4) is 0 Å². The molecule has 0 bridgehead atoms. The van der Waals surface area contributed by atoms with Crippen LogP contribution in [0.1, 0.15) is 36.0 Å². The average molecular weight is 326 g/mol. The molecule has 2 saturated carbocycles. The van der Waals surface area contributed by atoms with Gasteiger partial charge in [-0.25, -0.2) is 0 Å². The summed E-state index contributed by atoms with van der Waals surface area (Å²) in [6.07, 6.45) is 5.09. The Bertz CT molecular complexity index is 471. The summed E-state index contributed by atoms with van der Waals surface area (Å²) >= 11 is 7.76. The van der Waals surface area contributed by atoms with Crippen LogP contribution in [-0.4, -0.2) is 11.9 Å². The molecule has 2 fully saturated rings. The molecule has 0 saturated heterocycles. The van der Waals surface area contributed by atoms with Gasteiger partial charge in [0.05, 0.1) is 5.56 Å². The van der Waals surface area contributed by atoms with E-state index in [0.29, 0.717) is 11.6 Å². The molecule has 0 atom stereocenters. The fraction of sp³-hybridized carbons (Fsp3) is 0.500. The highest BCUT2D eigenvalue weighted by Crippen LogP contribution is 2.44. The molecule has 1 amide bonds. The van der Waals surface area contributed by atoms with E-state index >= 15 is 0 Å². The van der Waals surface area contributed by atoms with Gasteiger partial charge in [-0.15, -0.1) is 12.6 Å². The first-order valence-corrected chi connectivity index (χ1v) is 7.68. The largest absolute Gasteiger partial charge is 0.349 e. The van der Waals surface area contributed by atoms with Gasteiger partial charge < -0.3 is 5.32 Å². The second-order valence-corrected chi connectivity index (χ2v) is 6.73. The van der Waals surface area contributed by atoms with Crippen LogP contribution in [0.5, 0.6) is 0 Å². The zero-order valence-electron chi connectivity index (χ0n) is 10.0. The lowest BCUT2D eigenvalue weighted by atomic mass is 10.1. The van der Waals surface area contributed by atoms with Gasteiger partial charge in [0.2, 0.25) is 0 Å². The van der Waals surface area contributed by atoms with Crippen molar-refractivity contribution in [2.75, 3.05) is 0 Å². The molecule has 0 aromatic heterocycles. The number of hydrogen-bond acceptors (Lipinski definition) is 2. The Kier molecular flexibility index (Phi) is 3.41. The first-order chi connectivity index (χ1) is 8.65. The molecule has 2 nitrogen and oxygen atoms in total. The Hall–Kier alpha value is -0.480. The van der Waals surface area contributed by atoms with Gasteiger partial charge in [0.25, 0.3) is 5.91 Å². The molecule has 0 aliphatic heterocycles. The number of hydrogen-bond donors (Lipinski definition) is 2. The van der Waals surface area contributed by atoms with Gasteiger partial charge in [0.1, 0.15) is 0 Å². The van der Waals surface area contributed by atoms with Crippen LogP contribution in [0, 0.1) is 11.8 Å². The summed E-state index contributed by atoms with van der Waals surface area (Å²) in [5.41, 5.74) is 0.674. The molecular formula is C14H16BrNOS. The van der Waals surface area contributed by atoms with Crippen LogP contribution in [0.15, 0.2) is 27.6 Å². The Morgan fingerprint density at radius 3 is 2.39 bits per heavy atom. The van der Waals surface area contributed by atoms with Crippen LogP contribution in [-0.2, 0) is 0 Å². The molecule has 0 radical (unpaired) electrons. The molecule has 2 aliphatic carbocycles. The number of thiol groups is 1. The normalized spacial score (nSPS) is 19.1. The Morgan fingerprint density at radius 2 is 1.89 bits per heavy atom. The van der Waals surface area contributed by atoms with Crippen LogP contribution in [0.3, 0.4) is 0 Å². The minimum Gasteiger partial charge on any atom is -0.349 e. The lowest BCUT2D eigenvalue weighted by Crippen LogP contribution is -2.38. The van der Waals surface area contributed by atoms with E-state index in [0.717, 1.165) is 21.2 Å². The van der Waals surface area contributed by atoms with Crippen LogP contribution in [0.25, 0.3) is 0 Å². The summed E-state index contributed by atoms with van der Waals surface area (Å²) in [6.45, 7) is 0. The lowest BCUT2D eigenvalue weighted by molar-refractivity contribution is 0.0923. The highest BCUT2D eigenvalue weighted by molar-refractivity contribution is 9.10. The highest BCUT2D eigenvalue weighted by Gasteiger charge is 2.42. The van der Waals surface area contributed by atoms with Gasteiger partial charge in [-0.2, -0.15) is 0 Å². The van der Waals surface area contributed by atoms with Crippen molar-refractivity contribution < 1.29 is 4.79 Å². The summed E-state index contributed by atoms with van der Waals surface area (Å²) in [6, 6.07) is 5.98. The lowest BCUT2D eigenvalue weighted by Gasteiger charge is -2.18.